The van der Waals surface area contributed by atoms with Crippen LogP contribution in [-0.2, 0) is 0 Å². The lowest BCUT2D eigenvalue weighted by molar-refractivity contribution is 0.452. The van der Waals surface area contributed by atoms with E-state index >= 15 is 0 Å². The van der Waals surface area contributed by atoms with Crippen molar-refractivity contribution in [3.63, 3.8) is 0 Å². The van der Waals surface area contributed by atoms with Gasteiger partial charge in [0.25, 0.3) is 0 Å². The molecular weight excluding hydrogens is 512 g/mol. The summed E-state index contributed by atoms with van der Waals surface area (Å²) in [4.78, 5) is 0. The molecule has 19 heavy (non-hydrogen) atoms. The van der Waals surface area contributed by atoms with Gasteiger partial charge in [-0.25, -0.2) is 0 Å². The highest BCUT2D eigenvalue weighted by Gasteiger charge is 2.10. The number of phenolic OH excluding ortho intramolecular Hbond substituents is 2. The Labute approximate surface area is 143 Å². The predicted octanol–water partition coefficient (Wildman–Crippen LogP) is 5.94. The largest absolute Gasteiger partial charge is 0.506 e. The van der Waals surface area contributed by atoms with Crippen LogP contribution in [0.25, 0.3) is 0 Å². The summed E-state index contributed by atoms with van der Waals surface area (Å²) in [7, 11) is 0. The molecule has 3 nitrogen and oxygen atoms in total. The molecule has 0 aromatic heterocycles. The van der Waals surface area contributed by atoms with Gasteiger partial charge in [-0.3, -0.25) is 0 Å². The molecule has 2 aromatic rings. The van der Waals surface area contributed by atoms with Gasteiger partial charge in [-0.2, -0.15) is 0 Å². The summed E-state index contributed by atoms with van der Waals surface area (Å²) in [6, 6.07) is 6.59. The van der Waals surface area contributed by atoms with Gasteiger partial charge >= 0.3 is 0 Å². The van der Waals surface area contributed by atoms with Gasteiger partial charge in [-0.05, 0) is 88.0 Å². The van der Waals surface area contributed by atoms with Crippen molar-refractivity contribution in [2.45, 2.75) is 0 Å². The van der Waals surface area contributed by atoms with Gasteiger partial charge in [0, 0.05) is 0 Å². The van der Waals surface area contributed by atoms with Gasteiger partial charge in [-0.15, -0.1) is 0 Å². The number of rotatable bonds is 2. The van der Waals surface area contributed by atoms with Crippen molar-refractivity contribution in [3.05, 3.63) is 42.2 Å². The monoisotopic (exact) mass is 514 g/mol. The molecule has 2 rings (SSSR count). The number of benzene rings is 2. The van der Waals surface area contributed by atoms with E-state index in [-0.39, 0.29) is 11.5 Å². The van der Waals surface area contributed by atoms with E-state index in [0.717, 1.165) is 0 Å². The molecule has 2 N–H and O–H groups in total. The molecule has 0 unspecified atom stereocenters. The van der Waals surface area contributed by atoms with Crippen molar-refractivity contribution in [1.29, 1.82) is 0 Å². The summed E-state index contributed by atoms with van der Waals surface area (Å²) >= 11 is 12.9. The Hall–Kier alpha value is -0.240. The van der Waals surface area contributed by atoms with Crippen LogP contribution in [0.2, 0.25) is 0 Å². The maximum atomic E-state index is 9.62. The SMILES string of the molecule is Oc1c(Br)cc(Oc2cc(Br)c(O)c(Br)c2)cc1Br. The van der Waals surface area contributed by atoms with Crippen molar-refractivity contribution < 1.29 is 14.9 Å². The molecular formula is C12H6Br4O3. The molecule has 0 aliphatic carbocycles. The fraction of sp³-hybridized carbons (Fsp3) is 0. The average Bonchev–Trinajstić information content (AvgIpc) is 2.33. The van der Waals surface area contributed by atoms with Crippen LogP contribution in [-0.4, -0.2) is 10.2 Å². The van der Waals surface area contributed by atoms with Gasteiger partial charge in [-0.1, -0.05) is 0 Å². The van der Waals surface area contributed by atoms with E-state index in [1.807, 2.05) is 0 Å². The van der Waals surface area contributed by atoms with E-state index in [1.54, 1.807) is 24.3 Å². The second kappa shape index (κ2) is 6.03. The van der Waals surface area contributed by atoms with Gasteiger partial charge in [0.2, 0.25) is 0 Å². The van der Waals surface area contributed by atoms with Gasteiger partial charge in [0.05, 0.1) is 17.9 Å². The lowest BCUT2D eigenvalue weighted by Gasteiger charge is -2.10. The first-order valence-electron chi connectivity index (χ1n) is 4.92. The third-order valence-electron chi connectivity index (χ3n) is 2.22. The predicted molar refractivity (Wildman–Crippen MR) is 87.1 cm³/mol. The smallest absolute Gasteiger partial charge is 0.144 e. The standard InChI is InChI=1S/C12H6Br4O3/c13-7-1-5(2-8(14)11(7)17)19-6-3-9(15)12(18)10(16)4-6/h1-4,17-18H. The van der Waals surface area contributed by atoms with Gasteiger partial charge in [0.1, 0.15) is 23.0 Å². The lowest BCUT2D eigenvalue weighted by atomic mass is 10.3. The minimum absolute atomic E-state index is 0.111. The van der Waals surface area contributed by atoms with E-state index in [4.69, 9.17) is 4.74 Å². The highest BCUT2D eigenvalue weighted by atomic mass is 79.9. The van der Waals surface area contributed by atoms with E-state index in [0.29, 0.717) is 29.4 Å². The molecule has 2 aromatic carbocycles. The summed E-state index contributed by atoms with van der Waals surface area (Å²) in [5.74, 6) is 1.31. The molecule has 0 aliphatic heterocycles. The zero-order valence-corrected chi connectivity index (χ0v) is 15.5. The topological polar surface area (TPSA) is 49.7 Å². The first kappa shape index (κ1) is 15.2. The highest BCUT2D eigenvalue weighted by Crippen LogP contribution is 2.40. The number of hydrogen-bond acceptors (Lipinski definition) is 3. The number of hydrogen-bond donors (Lipinski definition) is 2. The van der Waals surface area contributed by atoms with Crippen LogP contribution >= 0.6 is 63.7 Å². The fourth-order valence-corrected chi connectivity index (χ4v) is 3.63. The third kappa shape index (κ3) is 3.45. The van der Waals surface area contributed by atoms with E-state index < -0.39 is 0 Å². The minimum Gasteiger partial charge on any atom is -0.506 e. The fourth-order valence-electron chi connectivity index (χ4n) is 1.34. The Kier molecular flexibility index (Phi) is 4.81. The molecule has 0 radical (unpaired) electrons. The summed E-state index contributed by atoms with van der Waals surface area (Å²) < 4.78 is 7.76. The number of phenols is 2. The van der Waals surface area contributed by atoms with Crippen molar-refractivity contribution in [3.8, 4) is 23.0 Å². The Bertz CT molecular complexity index is 541. The van der Waals surface area contributed by atoms with Crippen molar-refractivity contribution in [2.24, 2.45) is 0 Å². The number of halogens is 4. The van der Waals surface area contributed by atoms with Crippen LogP contribution in [0, 0.1) is 0 Å². The third-order valence-corrected chi connectivity index (χ3v) is 4.63. The Morgan fingerprint density at radius 3 is 1.16 bits per heavy atom. The number of aromatic hydroxyl groups is 2. The van der Waals surface area contributed by atoms with Crippen LogP contribution in [0.1, 0.15) is 0 Å². The van der Waals surface area contributed by atoms with Crippen LogP contribution in [0.15, 0.2) is 42.2 Å². The molecule has 0 atom stereocenters. The molecule has 100 valence electrons. The summed E-state index contributed by atoms with van der Waals surface area (Å²) in [5.41, 5.74) is 0. The zero-order valence-electron chi connectivity index (χ0n) is 9.12. The Morgan fingerprint density at radius 2 is 0.895 bits per heavy atom. The average molecular weight is 518 g/mol. The van der Waals surface area contributed by atoms with Crippen molar-refractivity contribution >= 4 is 63.7 Å². The minimum atomic E-state index is 0.111. The maximum Gasteiger partial charge on any atom is 0.144 e. The van der Waals surface area contributed by atoms with Gasteiger partial charge in [0.15, 0.2) is 0 Å². The van der Waals surface area contributed by atoms with Gasteiger partial charge < -0.3 is 14.9 Å². The maximum absolute atomic E-state index is 9.62. The summed E-state index contributed by atoms with van der Waals surface area (Å²) in [5, 5.41) is 19.2. The molecule has 7 heteroatoms. The normalized spacial score (nSPS) is 10.5. The number of ether oxygens (including phenoxy) is 1. The van der Waals surface area contributed by atoms with Crippen LogP contribution in [0.3, 0.4) is 0 Å². The Morgan fingerprint density at radius 1 is 0.632 bits per heavy atom. The molecule has 0 amide bonds. The molecule has 0 aliphatic rings. The second-order valence-corrected chi connectivity index (χ2v) is 6.99. The van der Waals surface area contributed by atoms with E-state index in [9.17, 15) is 10.2 Å². The molecule has 0 saturated heterocycles. The van der Waals surface area contributed by atoms with Crippen LogP contribution in [0.4, 0.5) is 0 Å². The molecule has 0 bridgehead atoms. The van der Waals surface area contributed by atoms with E-state index in [2.05, 4.69) is 63.7 Å². The van der Waals surface area contributed by atoms with Crippen molar-refractivity contribution in [1.82, 2.24) is 0 Å². The summed E-state index contributed by atoms with van der Waals surface area (Å²) in [6.45, 7) is 0. The van der Waals surface area contributed by atoms with Crippen molar-refractivity contribution in [2.75, 3.05) is 0 Å². The first-order valence-corrected chi connectivity index (χ1v) is 8.09. The molecule has 0 spiro atoms. The first-order chi connectivity index (χ1) is 8.88. The van der Waals surface area contributed by atoms with Crippen LogP contribution < -0.4 is 4.74 Å². The molecule has 0 saturated carbocycles. The molecule has 0 heterocycles. The summed E-state index contributed by atoms with van der Waals surface area (Å²) in [6.07, 6.45) is 0. The lowest BCUT2D eigenvalue weighted by Crippen LogP contribution is -1.86. The van der Waals surface area contributed by atoms with Crippen LogP contribution in [0.5, 0.6) is 23.0 Å². The Balaban J connectivity index is 2.36. The second-order valence-electron chi connectivity index (χ2n) is 3.57. The zero-order chi connectivity index (χ0) is 14.2. The highest BCUT2D eigenvalue weighted by molar-refractivity contribution is 9.11. The molecule has 0 fully saturated rings. The van der Waals surface area contributed by atoms with E-state index in [1.165, 1.54) is 0 Å². The quantitative estimate of drug-likeness (QED) is 0.518.